The summed E-state index contributed by atoms with van der Waals surface area (Å²) in [5.41, 5.74) is 0.558. The van der Waals surface area contributed by atoms with Crippen LogP contribution in [0.25, 0.3) is 10.9 Å². The van der Waals surface area contributed by atoms with E-state index in [-0.39, 0.29) is 5.69 Å². The van der Waals surface area contributed by atoms with Crippen LogP contribution in [0.1, 0.15) is 5.69 Å². The first-order valence-electron chi connectivity index (χ1n) is 4.98. The van der Waals surface area contributed by atoms with Crippen molar-refractivity contribution in [3.8, 4) is 5.75 Å². The molecule has 0 saturated carbocycles. The molecule has 0 radical (unpaired) electrons. The summed E-state index contributed by atoms with van der Waals surface area (Å²) in [6.45, 7) is 0. The van der Waals surface area contributed by atoms with Gasteiger partial charge in [-0.3, -0.25) is 4.98 Å². The fraction of sp³-hybridized carbons (Fsp3) is 0.250. The topological polar surface area (TPSA) is 22.1 Å². The highest BCUT2D eigenvalue weighted by Crippen LogP contribution is 2.23. The molecule has 0 bridgehead atoms. The summed E-state index contributed by atoms with van der Waals surface area (Å²) in [6.07, 6.45) is -5.23. The Hall–Kier alpha value is -1.78. The van der Waals surface area contributed by atoms with E-state index in [0.717, 1.165) is 5.39 Å². The summed E-state index contributed by atoms with van der Waals surface area (Å²) in [5, 5.41) is 0.760. The smallest absolute Gasteiger partial charge is 0.394 e. The highest BCUT2D eigenvalue weighted by Gasteiger charge is 2.28. The van der Waals surface area contributed by atoms with Gasteiger partial charge in [-0.1, -0.05) is 6.07 Å². The van der Waals surface area contributed by atoms with E-state index in [1.807, 2.05) is 0 Å². The minimum atomic E-state index is -4.23. The molecule has 90 valence electrons. The average Bonchev–Trinajstić information content (AvgIpc) is 2.26. The van der Waals surface area contributed by atoms with Crippen molar-refractivity contribution in [2.24, 2.45) is 0 Å². The lowest BCUT2D eigenvalue weighted by Crippen LogP contribution is -2.12. The fourth-order valence-corrected chi connectivity index (χ4v) is 1.58. The molecule has 17 heavy (non-hydrogen) atoms. The summed E-state index contributed by atoms with van der Waals surface area (Å²) in [5.74, 6) is 0.655. The fourth-order valence-electron chi connectivity index (χ4n) is 1.58. The number of fused-ring (bicyclic) bond motifs is 1. The van der Waals surface area contributed by atoms with Crippen molar-refractivity contribution in [2.45, 2.75) is 12.6 Å². The molecular weight excluding hydrogens is 231 g/mol. The Balaban J connectivity index is 2.38. The van der Waals surface area contributed by atoms with Gasteiger partial charge in [0.1, 0.15) is 5.75 Å². The zero-order valence-electron chi connectivity index (χ0n) is 9.08. The number of aromatic nitrogens is 1. The summed E-state index contributed by atoms with van der Waals surface area (Å²) in [4.78, 5) is 3.96. The van der Waals surface area contributed by atoms with Gasteiger partial charge in [0.25, 0.3) is 0 Å². The van der Waals surface area contributed by atoms with E-state index in [0.29, 0.717) is 11.3 Å². The number of halogens is 3. The molecule has 0 N–H and O–H groups in total. The van der Waals surface area contributed by atoms with Crippen molar-refractivity contribution in [1.29, 1.82) is 0 Å². The molecule has 2 nitrogen and oxygen atoms in total. The molecule has 5 heteroatoms. The van der Waals surface area contributed by atoms with Gasteiger partial charge in [-0.05, 0) is 24.3 Å². The Morgan fingerprint density at radius 1 is 1.18 bits per heavy atom. The van der Waals surface area contributed by atoms with Gasteiger partial charge in [0.2, 0.25) is 0 Å². The first-order valence-corrected chi connectivity index (χ1v) is 4.98. The predicted molar refractivity (Wildman–Crippen MR) is 58.1 cm³/mol. The monoisotopic (exact) mass is 241 g/mol. The number of hydrogen-bond acceptors (Lipinski definition) is 2. The summed E-state index contributed by atoms with van der Waals surface area (Å²) in [6, 6.07) is 8.06. The van der Waals surface area contributed by atoms with E-state index in [1.54, 1.807) is 24.3 Å². The molecular formula is C12H10F3NO. The van der Waals surface area contributed by atoms with E-state index < -0.39 is 12.6 Å². The number of rotatable bonds is 2. The summed E-state index contributed by atoms with van der Waals surface area (Å²) >= 11 is 0. The number of ether oxygens (including phenoxy) is 1. The van der Waals surface area contributed by atoms with Gasteiger partial charge in [-0.15, -0.1) is 0 Å². The molecule has 0 unspecified atom stereocenters. The van der Waals surface area contributed by atoms with Crippen molar-refractivity contribution in [3.63, 3.8) is 0 Å². The second-order valence-electron chi connectivity index (χ2n) is 3.65. The zero-order valence-corrected chi connectivity index (χ0v) is 9.08. The van der Waals surface area contributed by atoms with Crippen LogP contribution in [0.3, 0.4) is 0 Å². The Morgan fingerprint density at radius 3 is 2.59 bits per heavy atom. The van der Waals surface area contributed by atoms with Gasteiger partial charge in [-0.2, -0.15) is 13.2 Å². The molecule has 2 aromatic rings. The zero-order chi connectivity index (χ0) is 12.5. The second-order valence-corrected chi connectivity index (χ2v) is 3.65. The standard InChI is InChI=1S/C12H10F3NO/c1-17-10-4-5-11-8(6-10)2-3-9(16-11)7-12(13,14)15/h2-6H,7H2,1H3. The van der Waals surface area contributed by atoms with Crippen LogP contribution >= 0.6 is 0 Å². The molecule has 1 heterocycles. The molecule has 0 saturated heterocycles. The molecule has 0 fully saturated rings. The Labute approximate surface area is 96.0 Å². The number of hydrogen-bond donors (Lipinski definition) is 0. The minimum absolute atomic E-state index is 0.0233. The predicted octanol–water partition coefficient (Wildman–Crippen LogP) is 3.35. The van der Waals surface area contributed by atoms with Gasteiger partial charge in [0, 0.05) is 5.39 Å². The number of alkyl halides is 3. The number of methoxy groups -OCH3 is 1. The van der Waals surface area contributed by atoms with Crippen molar-refractivity contribution in [2.75, 3.05) is 7.11 Å². The van der Waals surface area contributed by atoms with Gasteiger partial charge in [0.05, 0.1) is 24.7 Å². The molecule has 1 aromatic heterocycles. The van der Waals surface area contributed by atoms with Crippen LogP contribution in [0.2, 0.25) is 0 Å². The third-order valence-corrected chi connectivity index (χ3v) is 2.34. The van der Waals surface area contributed by atoms with Crippen LogP contribution in [-0.2, 0) is 6.42 Å². The third kappa shape index (κ3) is 2.87. The quantitative estimate of drug-likeness (QED) is 0.804. The lowest BCUT2D eigenvalue weighted by Gasteiger charge is -2.07. The first kappa shape index (κ1) is 11.7. The maximum absolute atomic E-state index is 12.2. The van der Waals surface area contributed by atoms with Crippen molar-refractivity contribution >= 4 is 10.9 Å². The second kappa shape index (κ2) is 4.24. The largest absolute Gasteiger partial charge is 0.497 e. The van der Waals surface area contributed by atoms with E-state index in [2.05, 4.69) is 4.98 Å². The SMILES string of the molecule is COc1ccc2nc(CC(F)(F)F)ccc2c1. The van der Waals surface area contributed by atoms with Crippen molar-refractivity contribution in [1.82, 2.24) is 4.98 Å². The van der Waals surface area contributed by atoms with Crippen LogP contribution in [0, 0.1) is 0 Å². The summed E-state index contributed by atoms with van der Waals surface area (Å²) < 4.78 is 41.6. The maximum atomic E-state index is 12.2. The molecule has 0 spiro atoms. The Kier molecular flexibility index (Phi) is 2.92. The van der Waals surface area contributed by atoms with Gasteiger partial charge < -0.3 is 4.74 Å². The molecule has 2 rings (SSSR count). The lowest BCUT2D eigenvalue weighted by atomic mass is 10.1. The minimum Gasteiger partial charge on any atom is -0.497 e. The van der Waals surface area contributed by atoms with Crippen LogP contribution in [-0.4, -0.2) is 18.3 Å². The third-order valence-electron chi connectivity index (χ3n) is 2.34. The molecule has 0 aliphatic heterocycles. The highest BCUT2D eigenvalue weighted by molar-refractivity contribution is 5.80. The van der Waals surface area contributed by atoms with Crippen molar-refractivity contribution in [3.05, 3.63) is 36.0 Å². The van der Waals surface area contributed by atoms with Gasteiger partial charge in [-0.25, -0.2) is 0 Å². The lowest BCUT2D eigenvalue weighted by molar-refractivity contribution is -0.127. The van der Waals surface area contributed by atoms with Crippen LogP contribution in [0.4, 0.5) is 13.2 Å². The van der Waals surface area contributed by atoms with Gasteiger partial charge >= 0.3 is 6.18 Å². The van der Waals surface area contributed by atoms with E-state index in [9.17, 15) is 13.2 Å². The molecule has 0 atom stereocenters. The maximum Gasteiger partial charge on any atom is 0.394 e. The van der Waals surface area contributed by atoms with E-state index in [1.165, 1.54) is 13.2 Å². The normalized spacial score (nSPS) is 11.8. The first-order chi connectivity index (χ1) is 7.98. The summed E-state index contributed by atoms with van der Waals surface area (Å²) in [7, 11) is 1.53. The molecule has 0 amide bonds. The van der Waals surface area contributed by atoms with Gasteiger partial charge in [0.15, 0.2) is 0 Å². The molecule has 0 aliphatic rings. The number of nitrogens with zero attached hydrogens (tertiary/aromatic N) is 1. The van der Waals surface area contributed by atoms with Crippen molar-refractivity contribution < 1.29 is 17.9 Å². The molecule has 0 aliphatic carbocycles. The van der Waals surface area contributed by atoms with Crippen LogP contribution in [0.5, 0.6) is 5.75 Å². The van der Waals surface area contributed by atoms with E-state index in [4.69, 9.17) is 4.74 Å². The number of pyridine rings is 1. The number of benzene rings is 1. The van der Waals surface area contributed by atoms with E-state index >= 15 is 0 Å². The Morgan fingerprint density at radius 2 is 1.94 bits per heavy atom. The average molecular weight is 241 g/mol. The van der Waals surface area contributed by atoms with Crippen LogP contribution < -0.4 is 4.74 Å². The highest BCUT2D eigenvalue weighted by atomic mass is 19.4. The molecule has 1 aromatic carbocycles. The Bertz CT molecular complexity index is 537. The van der Waals surface area contributed by atoms with Crippen LogP contribution in [0.15, 0.2) is 30.3 Å².